The number of anilines is 1. The molecule has 0 saturated carbocycles. The molecule has 31 heavy (non-hydrogen) atoms. The summed E-state index contributed by atoms with van der Waals surface area (Å²) in [6.45, 7) is -1.59. The van der Waals surface area contributed by atoms with Crippen molar-refractivity contribution in [2.24, 2.45) is 0 Å². The molecule has 0 aliphatic rings. The number of hydrogen-bond donors (Lipinski definition) is 2. The number of alkyl halides is 2. The van der Waals surface area contributed by atoms with Crippen LogP contribution in [-0.2, 0) is 9.59 Å². The van der Waals surface area contributed by atoms with Gasteiger partial charge in [-0.25, -0.2) is 4.98 Å². The lowest BCUT2D eigenvalue weighted by molar-refractivity contribution is -0.120. The summed E-state index contributed by atoms with van der Waals surface area (Å²) in [5.41, 5.74) is 1.51. The zero-order valence-electron chi connectivity index (χ0n) is 16.3. The number of ether oxygens (including phenoxy) is 1. The van der Waals surface area contributed by atoms with Crippen molar-refractivity contribution < 1.29 is 23.1 Å². The second-order valence-corrected chi connectivity index (χ2v) is 7.76. The monoisotopic (exact) mass is 465 g/mol. The molecule has 1 heterocycles. The highest BCUT2D eigenvalue weighted by atomic mass is 35.5. The van der Waals surface area contributed by atoms with Gasteiger partial charge in [-0.15, -0.1) is 11.3 Å². The molecule has 162 valence electrons. The number of carbonyl (C=O) groups excluding carboxylic acids is 2. The van der Waals surface area contributed by atoms with Gasteiger partial charge in [-0.05, 0) is 29.8 Å². The Morgan fingerprint density at radius 1 is 1.16 bits per heavy atom. The van der Waals surface area contributed by atoms with E-state index in [-0.39, 0.29) is 24.0 Å². The number of para-hydroxylation sites is 1. The van der Waals surface area contributed by atoms with E-state index >= 15 is 0 Å². The Hall–Kier alpha value is -3.04. The Balaban J connectivity index is 1.71. The number of halogens is 3. The Morgan fingerprint density at radius 3 is 2.55 bits per heavy atom. The van der Waals surface area contributed by atoms with Crippen molar-refractivity contribution in [3.8, 4) is 17.0 Å². The molecule has 1 unspecified atom stereocenters. The van der Waals surface area contributed by atoms with E-state index in [0.29, 0.717) is 21.4 Å². The summed E-state index contributed by atoms with van der Waals surface area (Å²) in [6, 6.07) is 12.6. The van der Waals surface area contributed by atoms with Crippen molar-refractivity contribution in [2.75, 3.05) is 5.32 Å². The van der Waals surface area contributed by atoms with Crippen molar-refractivity contribution in [2.45, 2.75) is 26.0 Å². The van der Waals surface area contributed by atoms with Crippen molar-refractivity contribution in [1.82, 2.24) is 10.3 Å². The maximum atomic E-state index is 12.6. The van der Waals surface area contributed by atoms with Gasteiger partial charge >= 0.3 is 6.61 Å². The first-order valence-electron chi connectivity index (χ1n) is 9.14. The minimum absolute atomic E-state index is 0.00543. The Bertz CT molecular complexity index is 1060. The summed E-state index contributed by atoms with van der Waals surface area (Å²) in [7, 11) is 0. The smallest absolute Gasteiger partial charge is 0.387 e. The molecule has 6 nitrogen and oxygen atoms in total. The topological polar surface area (TPSA) is 80.3 Å². The standard InChI is InChI=1S/C21H18ClF2N3O3S/c1-12(28)25-16(13-6-8-14(22)9-7-13)10-19(29)27-21-26-17(11-31-21)15-4-2-3-5-18(15)30-20(23)24/h2-9,11,16,20H,10H2,1H3,(H,25,28)(H,26,27,29). The van der Waals surface area contributed by atoms with Crippen LogP contribution in [0.1, 0.15) is 24.9 Å². The van der Waals surface area contributed by atoms with E-state index in [1.54, 1.807) is 47.8 Å². The zero-order chi connectivity index (χ0) is 22.4. The maximum Gasteiger partial charge on any atom is 0.387 e. The number of amides is 2. The number of nitrogens with one attached hydrogen (secondary N) is 2. The van der Waals surface area contributed by atoms with E-state index in [0.717, 1.165) is 16.9 Å². The molecular weight excluding hydrogens is 448 g/mol. The van der Waals surface area contributed by atoms with Crippen molar-refractivity contribution in [3.05, 3.63) is 64.5 Å². The third-order valence-corrected chi connectivity index (χ3v) is 5.18. The summed E-state index contributed by atoms with van der Waals surface area (Å²) >= 11 is 7.05. The molecule has 0 bridgehead atoms. The Labute approximate surface area is 186 Å². The molecule has 1 atom stereocenters. The average molecular weight is 466 g/mol. The predicted octanol–water partition coefficient (Wildman–Crippen LogP) is 5.27. The number of hydrogen-bond acceptors (Lipinski definition) is 5. The van der Waals surface area contributed by atoms with Crippen LogP contribution in [0.15, 0.2) is 53.9 Å². The van der Waals surface area contributed by atoms with Gasteiger partial charge in [0.25, 0.3) is 0 Å². The molecule has 2 amide bonds. The van der Waals surface area contributed by atoms with Crippen LogP contribution in [0.4, 0.5) is 13.9 Å². The molecule has 0 saturated heterocycles. The van der Waals surface area contributed by atoms with E-state index in [2.05, 4.69) is 20.4 Å². The van der Waals surface area contributed by atoms with Crippen molar-refractivity contribution >= 4 is 39.9 Å². The van der Waals surface area contributed by atoms with Crippen molar-refractivity contribution in [3.63, 3.8) is 0 Å². The van der Waals surface area contributed by atoms with Crippen LogP contribution in [-0.4, -0.2) is 23.4 Å². The first-order valence-corrected chi connectivity index (χ1v) is 10.4. The first-order chi connectivity index (χ1) is 14.8. The SMILES string of the molecule is CC(=O)NC(CC(=O)Nc1nc(-c2ccccc2OC(F)F)cs1)c1ccc(Cl)cc1. The van der Waals surface area contributed by atoms with E-state index in [4.69, 9.17) is 11.6 Å². The highest BCUT2D eigenvalue weighted by Gasteiger charge is 2.19. The minimum Gasteiger partial charge on any atom is -0.434 e. The van der Waals surface area contributed by atoms with Gasteiger partial charge in [-0.2, -0.15) is 8.78 Å². The number of rotatable bonds is 8. The largest absolute Gasteiger partial charge is 0.434 e. The molecule has 1 aromatic heterocycles. The van der Waals surface area contributed by atoms with Crippen molar-refractivity contribution in [1.29, 1.82) is 0 Å². The van der Waals surface area contributed by atoms with E-state index in [9.17, 15) is 18.4 Å². The molecular formula is C21H18ClF2N3O3S. The molecule has 0 aliphatic heterocycles. The highest BCUT2D eigenvalue weighted by molar-refractivity contribution is 7.14. The molecule has 2 aromatic carbocycles. The molecule has 0 aliphatic carbocycles. The van der Waals surface area contributed by atoms with E-state index in [1.807, 2.05) is 0 Å². The normalized spacial score (nSPS) is 11.8. The quantitative estimate of drug-likeness (QED) is 0.475. The molecule has 0 fully saturated rings. The van der Waals surface area contributed by atoms with Crippen LogP contribution in [0.2, 0.25) is 5.02 Å². The molecule has 2 N–H and O–H groups in total. The number of carbonyl (C=O) groups is 2. The van der Waals surface area contributed by atoms with Gasteiger partial charge in [-0.3, -0.25) is 9.59 Å². The van der Waals surface area contributed by atoms with E-state index in [1.165, 1.54) is 13.0 Å². The minimum atomic E-state index is -2.96. The average Bonchev–Trinajstić information content (AvgIpc) is 3.15. The van der Waals surface area contributed by atoms with Crippen LogP contribution < -0.4 is 15.4 Å². The van der Waals surface area contributed by atoms with Crippen LogP contribution in [0, 0.1) is 0 Å². The van der Waals surface area contributed by atoms with Gasteiger partial charge in [0, 0.05) is 22.9 Å². The predicted molar refractivity (Wildman–Crippen MR) is 115 cm³/mol. The zero-order valence-corrected chi connectivity index (χ0v) is 17.8. The van der Waals surface area contributed by atoms with Gasteiger partial charge in [0.15, 0.2) is 5.13 Å². The molecule has 3 aromatic rings. The summed E-state index contributed by atoms with van der Waals surface area (Å²) in [6.07, 6.45) is -0.0266. The summed E-state index contributed by atoms with van der Waals surface area (Å²) in [4.78, 5) is 28.4. The number of thiazole rings is 1. The molecule has 3 rings (SSSR count). The van der Waals surface area contributed by atoms with Gasteiger partial charge in [0.1, 0.15) is 5.75 Å². The first kappa shape index (κ1) is 22.6. The maximum absolute atomic E-state index is 12.6. The van der Waals surface area contributed by atoms with Gasteiger partial charge in [-0.1, -0.05) is 35.9 Å². The van der Waals surface area contributed by atoms with Crippen LogP contribution >= 0.6 is 22.9 Å². The van der Waals surface area contributed by atoms with Gasteiger partial charge in [0.05, 0.1) is 18.2 Å². The Kier molecular flexibility index (Phi) is 7.54. The van der Waals surface area contributed by atoms with Crippen LogP contribution in [0.25, 0.3) is 11.3 Å². The lowest BCUT2D eigenvalue weighted by Gasteiger charge is -2.17. The highest BCUT2D eigenvalue weighted by Crippen LogP contribution is 2.33. The summed E-state index contributed by atoms with van der Waals surface area (Å²) in [5, 5.41) is 7.89. The third kappa shape index (κ3) is 6.47. The summed E-state index contributed by atoms with van der Waals surface area (Å²) in [5.74, 6) is -0.652. The number of benzene rings is 2. The fourth-order valence-corrected chi connectivity index (χ4v) is 3.73. The van der Waals surface area contributed by atoms with Crippen LogP contribution in [0.3, 0.4) is 0 Å². The fraction of sp³-hybridized carbons (Fsp3) is 0.190. The second-order valence-electron chi connectivity index (χ2n) is 6.47. The third-order valence-electron chi connectivity index (χ3n) is 4.17. The fourth-order valence-electron chi connectivity index (χ4n) is 2.88. The molecule has 0 radical (unpaired) electrons. The second kappa shape index (κ2) is 10.3. The van der Waals surface area contributed by atoms with E-state index < -0.39 is 12.7 Å². The lowest BCUT2D eigenvalue weighted by atomic mass is 10.0. The number of aromatic nitrogens is 1. The van der Waals surface area contributed by atoms with Crippen LogP contribution in [0.5, 0.6) is 5.75 Å². The van der Waals surface area contributed by atoms with Gasteiger partial charge in [0.2, 0.25) is 11.8 Å². The summed E-state index contributed by atoms with van der Waals surface area (Å²) < 4.78 is 29.8. The Morgan fingerprint density at radius 2 is 1.87 bits per heavy atom. The van der Waals surface area contributed by atoms with Gasteiger partial charge < -0.3 is 15.4 Å². The molecule has 10 heteroatoms. The number of nitrogens with zero attached hydrogens (tertiary/aromatic N) is 1. The lowest BCUT2D eigenvalue weighted by Crippen LogP contribution is -2.29. The molecule has 0 spiro atoms.